The van der Waals surface area contributed by atoms with Crippen molar-refractivity contribution in [3.8, 4) is 0 Å². The third kappa shape index (κ3) is 2.60. The number of benzene rings is 1. The molecule has 1 aliphatic rings. The minimum absolute atomic E-state index is 0.0662. The smallest absolute Gasteiger partial charge is 0.165 e. The summed E-state index contributed by atoms with van der Waals surface area (Å²) >= 11 is 5.80. The summed E-state index contributed by atoms with van der Waals surface area (Å²) in [6, 6.07) is 3.92. The molecule has 0 saturated heterocycles. The van der Waals surface area contributed by atoms with Crippen molar-refractivity contribution in [1.29, 1.82) is 0 Å². The molecule has 1 aromatic rings. The Kier molecular flexibility index (Phi) is 3.26. The summed E-state index contributed by atoms with van der Waals surface area (Å²) in [7, 11) is 0. The number of halogens is 2. The SMILES string of the molecule is O=C(Cc1ccc(F)cc1Cl)C(O)C1CC1. The Hall–Kier alpha value is -0.930. The van der Waals surface area contributed by atoms with Crippen LogP contribution in [0.2, 0.25) is 5.02 Å². The average molecular weight is 243 g/mol. The first-order chi connectivity index (χ1) is 7.58. The molecule has 0 radical (unpaired) electrons. The molecule has 16 heavy (non-hydrogen) atoms. The molecular formula is C12H12ClFO2. The number of rotatable bonds is 4. The highest BCUT2D eigenvalue weighted by Gasteiger charge is 2.34. The number of Topliss-reactive ketones (excluding diaryl/α,β-unsaturated/α-hetero) is 1. The molecule has 0 aliphatic heterocycles. The molecule has 0 spiro atoms. The maximum Gasteiger partial charge on any atom is 0.165 e. The van der Waals surface area contributed by atoms with Gasteiger partial charge in [0.05, 0.1) is 0 Å². The molecule has 2 rings (SSSR count). The highest BCUT2D eigenvalue weighted by Crippen LogP contribution is 2.33. The van der Waals surface area contributed by atoms with E-state index in [1.165, 1.54) is 18.2 Å². The number of ketones is 1. The Morgan fingerprint density at radius 2 is 2.25 bits per heavy atom. The van der Waals surface area contributed by atoms with Crippen LogP contribution in [0.15, 0.2) is 18.2 Å². The van der Waals surface area contributed by atoms with E-state index < -0.39 is 11.9 Å². The Morgan fingerprint density at radius 1 is 1.56 bits per heavy atom. The second-order valence-electron chi connectivity index (χ2n) is 4.16. The third-order valence-electron chi connectivity index (χ3n) is 2.78. The van der Waals surface area contributed by atoms with Crippen molar-refractivity contribution in [3.63, 3.8) is 0 Å². The molecule has 0 amide bonds. The van der Waals surface area contributed by atoms with Crippen molar-refractivity contribution in [2.75, 3.05) is 0 Å². The largest absolute Gasteiger partial charge is 0.385 e. The van der Waals surface area contributed by atoms with E-state index in [9.17, 15) is 14.3 Å². The monoisotopic (exact) mass is 242 g/mol. The van der Waals surface area contributed by atoms with Crippen LogP contribution in [0.5, 0.6) is 0 Å². The van der Waals surface area contributed by atoms with E-state index in [4.69, 9.17) is 11.6 Å². The van der Waals surface area contributed by atoms with Crippen LogP contribution >= 0.6 is 11.6 Å². The van der Waals surface area contributed by atoms with Gasteiger partial charge in [0.15, 0.2) is 5.78 Å². The van der Waals surface area contributed by atoms with E-state index in [2.05, 4.69) is 0 Å². The van der Waals surface area contributed by atoms with Crippen LogP contribution in [0.3, 0.4) is 0 Å². The zero-order chi connectivity index (χ0) is 11.7. The van der Waals surface area contributed by atoms with Crippen LogP contribution in [-0.2, 0) is 11.2 Å². The second kappa shape index (κ2) is 4.52. The van der Waals surface area contributed by atoms with Crippen LogP contribution in [0.4, 0.5) is 4.39 Å². The average Bonchev–Trinajstić information content (AvgIpc) is 3.04. The van der Waals surface area contributed by atoms with Gasteiger partial charge in [0.25, 0.3) is 0 Å². The summed E-state index contributed by atoms with van der Waals surface area (Å²) in [5.74, 6) is -0.549. The van der Waals surface area contributed by atoms with Gasteiger partial charge in [0.2, 0.25) is 0 Å². The van der Waals surface area contributed by atoms with Gasteiger partial charge in [-0.3, -0.25) is 4.79 Å². The summed E-state index contributed by atoms with van der Waals surface area (Å²) in [4.78, 5) is 11.6. The molecule has 1 unspecified atom stereocenters. The number of hydrogen-bond donors (Lipinski definition) is 1. The van der Waals surface area contributed by atoms with Gasteiger partial charge < -0.3 is 5.11 Å². The predicted octanol–water partition coefficient (Wildman–Crippen LogP) is 2.36. The first-order valence-corrected chi connectivity index (χ1v) is 5.60. The quantitative estimate of drug-likeness (QED) is 0.880. The summed E-state index contributed by atoms with van der Waals surface area (Å²) in [5.41, 5.74) is 0.563. The number of hydrogen-bond acceptors (Lipinski definition) is 2. The second-order valence-corrected chi connectivity index (χ2v) is 4.57. The molecule has 1 fully saturated rings. The molecule has 0 bridgehead atoms. The van der Waals surface area contributed by atoms with E-state index in [1.807, 2.05) is 0 Å². The summed E-state index contributed by atoms with van der Waals surface area (Å²) in [6.45, 7) is 0. The van der Waals surface area contributed by atoms with Gasteiger partial charge in [-0.1, -0.05) is 17.7 Å². The Morgan fingerprint density at radius 3 is 2.81 bits per heavy atom. The minimum Gasteiger partial charge on any atom is -0.385 e. The molecule has 86 valence electrons. The van der Waals surface area contributed by atoms with E-state index in [0.29, 0.717) is 5.56 Å². The van der Waals surface area contributed by atoms with Gasteiger partial charge in [-0.2, -0.15) is 0 Å². The van der Waals surface area contributed by atoms with E-state index >= 15 is 0 Å². The van der Waals surface area contributed by atoms with Gasteiger partial charge in [0, 0.05) is 11.4 Å². The summed E-state index contributed by atoms with van der Waals surface area (Å²) in [5, 5.41) is 9.83. The van der Waals surface area contributed by atoms with Crippen LogP contribution in [0, 0.1) is 11.7 Å². The van der Waals surface area contributed by atoms with Crippen molar-refractivity contribution in [2.45, 2.75) is 25.4 Å². The predicted molar refractivity (Wildman–Crippen MR) is 58.9 cm³/mol. The number of aliphatic hydroxyl groups is 1. The molecular weight excluding hydrogens is 231 g/mol. The zero-order valence-electron chi connectivity index (χ0n) is 8.62. The normalized spacial score (nSPS) is 17.2. The van der Waals surface area contributed by atoms with Gasteiger partial charge in [0.1, 0.15) is 11.9 Å². The fourth-order valence-corrected chi connectivity index (χ4v) is 1.87. The molecule has 1 N–H and O–H groups in total. The molecule has 1 aromatic carbocycles. The van der Waals surface area contributed by atoms with Crippen molar-refractivity contribution >= 4 is 17.4 Å². The standard InChI is InChI=1S/C12H12ClFO2/c13-10-6-9(14)4-3-8(10)5-11(15)12(16)7-1-2-7/h3-4,6-7,12,16H,1-2,5H2. The van der Waals surface area contributed by atoms with Crippen LogP contribution in [0.1, 0.15) is 18.4 Å². The lowest BCUT2D eigenvalue weighted by Gasteiger charge is -2.08. The van der Waals surface area contributed by atoms with Gasteiger partial charge >= 0.3 is 0 Å². The molecule has 0 heterocycles. The van der Waals surface area contributed by atoms with Crippen molar-refractivity contribution in [2.24, 2.45) is 5.92 Å². The topological polar surface area (TPSA) is 37.3 Å². The van der Waals surface area contributed by atoms with Gasteiger partial charge in [-0.15, -0.1) is 0 Å². The van der Waals surface area contributed by atoms with Crippen molar-refractivity contribution in [3.05, 3.63) is 34.6 Å². The molecule has 0 aromatic heterocycles. The first-order valence-electron chi connectivity index (χ1n) is 5.22. The maximum atomic E-state index is 12.8. The van der Waals surface area contributed by atoms with Crippen LogP contribution < -0.4 is 0 Å². The lowest BCUT2D eigenvalue weighted by atomic mass is 10.0. The van der Waals surface area contributed by atoms with E-state index in [-0.39, 0.29) is 23.1 Å². The third-order valence-corrected chi connectivity index (χ3v) is 3.13. The number of carbonyl (C=O) groups excluding carboxylic acids is 1. The Bertz CT molecular complexity index is 415. The molecule has 1 saturated carbocycles. The lowest BCUT2D eigenvalue weighted by Crippen LogP contribution is -2.24. The van der Waals surface area contributed by atoms with Crippen LogP contribution in [0.25, 0.3) is 0 Å². The van der Waals surface area contributed by atoms with Crippen LogP contribution in [-0.4, -0.2) is 17.0 Å². The zero-order valence-corrected chi connectivity index (χ0v) is 9.38. The molecule has 4 heteroatoms. The van der Waals surface area contributed by atoms with Gasteiger partial charge in [-0.05, 0) is 36.5 Å². The number of carbonyl (C=O) groups is 1. The first kappa shape index (κ1) is 11.6. The summed E-state index contributed by atoms with van der Waals surface area (Å²) < 4.78 is 12.8. The fourth-order valence-electron chi connectivity index (χ4n) is 1.63. The molecule has 1 atom stereocenters. The number of aliphatic hydroxyl groups excluding tert-OH is 1. The van der Waals surface area contributed by atoms with E-state index in [1.54, 1.807) is 0 Å². The molecule has 2 nitrogen and oxygen atoms in total. The van der Waals surface area contributed by atoms with Gasteiger partial charge in [-0.25, -0.2) is 4.39 Å². The van der Waals surface area contributed by atoms with Crippen molar-refractivity contribution in [1.82, 2.24) is 0 Å². The lowest BCUT2D eigenvalue weighted by molar-refractivity contribution is -0.127. The summed E-state index contributed by atoms with van der Waals surface area (Å²) in [6.07, 6.45) is 0.992. The minimum atomic E-state index is -0.888. The molecule has 1 aliphatic carbocycles. The Labute approximate surface area is 98.0 Å². The fraction of sp³-hybridized carbons (Fsp3) is 0.417. The Balaban J connectivity index is 2.05. The van der Waals surface area contributed by atoms with E-state index in [0.717, 1.165) is 12.8 Å². The highest BCUT2D eigenvalue weighted by molar-refractivity contribution is 6.31. The maximum absolute atomic E-state index is 12.8. The van der Waals surface area contributed by atoms with Crippen molar-refractivity contribution < 1.29 is 14.3 Å². The highest BCUT2D eigenvalue weighted by atomic mass is 35.5.